The van der Waals surface area contributed by atoms with E-state index in [1.54, 1.807) is 0 Å². The highest BCUT2D eigenvalue weighted by atomic mass is 32.1. The van der Waals surface area contributed by atoms with E-state index < -0.39 is 0 Å². The summed E-state index contributed by atoms with van der Waals surface area (Å²) in [6.07, 6.45) is 11.5. The molecule has 0 aromatic carbocycles. The van der Waals surface area contributed by atoms with Gasteiger partial charge in [-0.25, -0.2) is 4.98 Å². The maximum atomic E-state index is 5.14. The highest BCUT2D eigenvalue weighted by molar-refractivity contribution is 7.09. The summed E-state index contributed by atoms with van der Waals surface area (Å²) in [5, 5.41) is 3.90. The molecule has 1 nitrogen and oxygen atoms in total. The molecule has 0 saturated heterocycles. The maximum absolute atomic E-state index is 5.14. The first-order valence-corrected chi connectivity index (χ1v) is 9.32. The lowest BCUT2D eigenvalue weighted by Gasteiger charge is -2.64. The Balaban J connectivity index is 1.57. The van der Waals surface area contributed by atoms with Crippen LogP contribution in [0.1, 0.15) is 81.8 Å². The van der Waals surface area contributed by atoms with E-state index in [0.29, 0.717) is 16.2 Å². The summed E-state index contributed by atoms with van der Waals surface area (Å²) < 4.78 is 0. The van der Waals surface area contributed by atoms with Crippen LogP contribution in [0.25, 0.3) is 0 Å². The normalized spacial score (nSPS) is 49.8. The molecule has 5 saturated carbocycles. The molecular formula is C18H25NS. The fourth-order valence-electron chi connectivity index (χ4n) is 6.78. The molecule has 2 atom stereocenters. The van der Waals surface area contributed by atoms with Crippen LogP contribution in [-0.4, -0.2) is 4.98 Å². The lowest BCUT2D eigenvalue weighted by molar-refractivity contribution is -0.110. The van der Waals surface area contributed by atoms with E-state index in [9.17, 15) is 0 Å². The van der Waals surface area contributed by atoms with E-state index in [1.807, 2.05) is 11.3 Å². The molecule has 4 bridgehead atoms. The molecule has 5 aliphatic rings. The largest absolute Gasteiger partial charge is 0.245 e. The quantitative estimate of drug-likeness (QED) is 0.722. The van der Waals surface area contributed by atoms with Gasteiger partial charge in [0.2, 0.25) is 0 Å². The fourth-order valence-corrected chi connectivity index (χ4v) is 7.90. The van der Waals surface area contributed by atoms with Crippen LogP contribution in [0, 0.1) is 16.7 Å². The third kappa shape index (κ3) is 1.63. The van der Waals surface area contributed by atoms with Crippen LogP contribution in [0.4, 0.5) is 0 Å². The second-order valence-electron chi connectivity index (χ2n) is 9.26. The van der Waals surface area contributed by atoms with Crippen molar-refractivity contribution in [3.8, 4) is 0 Å². The van der Waals surface area contributed by atoms with Crippen molar-refractivity contribution in [2.75, 3.05) is 0 Å². The molecule has 2 unspecified atom stereocenters. The van der Waals surface area contributed by atoms with Crippen LogP contribution in [-0.2, 0) is 5.41 Å². The molecule has 0 N–H and O–H groups in total. The fraction of sp³-hybridized carbons (Fsp3) is 0.833. The van der Waals surface area contributed by atoms with Crippen molar-refractivity contribution in [3.05, 3.63) is 16.1 Å². The summed E-state index contributed by atoms with van der Waals surface area (Å²) >= 11 is 1.99. The number of hydrogen-bond donors (Lipinski definition) is 0. The highest BCUT2D eigenvalue weighted by Gasteiger charge is 2.61. The predicted octanol–water partition coefficient (Wildman–Crippen LogP) is 5.27. The Morgan fingerprint density at radius 3 is 2.35 bits per heavy atom. The zero-order valence-electron chi connectivity index (χ0n) is 12.7. The smallest absolute Gasteiger partial charge is 0.0990 e. The molecule has 6 rings (SSSR count). The second-order valence-corrected chi connectivity index (χ2v) is 10.1. The van der Waals surface area contributed by atoms with Crippen molar-refractivity contribution in [2.24, 2.45) is 16.7 Å². The zero-order chi connectivity index (χ0) is 13.6. The first kappa shape index (κ1) is 12.2. The molecule has 0 spiro atoms. The van der Waals surface area contributed by atoms with Crippen LogP contribution in [0.2, 0.25) is 0 Å². The standard InChI is InChI=1S/C18H25NS/c1-16-5-12-6-17(2,9-16)11-18(7-12,10-16)15-19-14(8-20-15)13-3-4-13/h8,12-13H,3-7,9-11H2,1-2H3. The van der Waals surface area contributed by atoms with E-state index in [1.165, 1.54) is 62.1 Å². The van der Waals surface area contributed by atoms with Crippen molar-refractivity contribution < 1.29 is 0 Å². The molecule has 2 heteroatoms. The Labute approximate surface area is 126 Å². The minimum absolute atomic E-state index is 0.459. The average Bonchev–Trinajstić information content (AvgIpc) is 3.01. The van der Waals surface area contributed by atoms with E-state index >= 15 is 0 Å². The van der Waals surface area contributed by atoms with E-state index in [0.717, 1.165) is 11.8 Å². The van der Waals surface area contributed by atoms with Crippen LogP contribution in [0.15, 0.2) is 5.38 Å². The van der Waals surface area contributed by atoms with Gasteiger partial charge in [-0.2, -0.15) is 0 Å². The Kier molecular flexibility index (Phi) is 2.14. The predicted molar refractivity (Wildman–Crippen MR) is 83.2 cm³/mol. The Morgan fingerprint density at radius 2 is 1.75 bits per heavy atom. The summed E-state index contributed by atoms with van der Waals surface area (Å²) in [5.74, 6) is 1.80. The van der Waals surface area contributed by atoms with Gasteiger partial charge in [-0.3, -0.25) is 0 Å². The zero-order valence-corrected chi connectivity index (χ0v) is 13.6. The van der Waals surface area contributed by atoms with Crippen LogP contribution < -0.4 is 0 Å². The van der Waals surface area contributed by atoms with Gasteiger partial charge in [0.05, 0.1) is 10.7 Å². The molecule has 1 aromatic heterocycles. The van der Waals surface area contributed by atoms with Gasteiger partial charge in [-0.1, -0.05) is 13.8 Å². The maximum Gasteiger partial charge on any atom is 0.0990 e. The topological polar surface area (TPSA) is 12.9 Å². The first-order valence-electron chi connectivity index (χ1n) is 8.44. The molecule has 0 amide bonds. The SMILES string of the molecule is CC12CC3CC(C)(C1)CC(c1nc(C4CC4)cs1)(C3)C2. The second kappa shape index (κ2) is 3.51. The summed E-state index contributed by atoms with van der Waals surface area (Å²) in [4.78, 5) is 5.14. The molecule has 108 valence electrons. The van der Waals surface area contributed by atoms with Crippen molar-refractivity contribution in [1.29, 1.82) is 0 Å². The van der Waals surface area contributed by atoms with Crippen molar-refractivity contribution in [2.45, 2.75) is 76.5 Å². The van der Waals surface area contributed by atoms with Gasteiger partial charge < -0.3 is 0 Å². The molecule has 0 radical (unpaired) electrons. The third-order valence-corrected chi connectivity index (χ3v) is 7.70. The number of aromatic nitrogens is 1. The van der Waals surface area contributed by atoms with Crippen LogP contribution in [0.3, 0.4) is 0 Å². The lowest BCUT2D eigenvalue weighted by atomic mass is 9.40. The molecule has 1 aromatic rings. The van der Waals surface area contributed by atoms with Gasteiger partial charge in [0, 0.05) is 16.7 Å². The summed E-state index contributed by atoms with van der Waals surface area (Å²) in [7, 11) is 0. The lowest BCUT2D eigenvalue weighted by Crippen LogP contribution is -2.56. The van der Waals surface area contributed by atoms with Gasteiger partial charge in [0.1, 0.15) is 0 Å². The average molecular weight is 287 g/mol. The third-order valence-electron chi connectivity index (χ3n) is 6.60. The van der Waals surface area contributed by atoms with Gasteiger partial charge >= 0.3 is 0 Å². The Morgan fingerprint density at radius 1 is 1.05 bits per heavy atom. The minimum atomic E-state index is 0.459. The number of thiazole rings is 1. The molecule has 20 heavy (non-hydrogen) atoms. The highest BCUT2D eigenvalue weighted by Crippen LogP contribution is 2.70. The van der Waals surface area contributed by atoms with Crippen LogP contribution >= 0.6 is 11.3 Å². The number of nitrogens with zero attached hydrogens (tertiary/aromatic N) is 1. The number of rotatable bonds is 2. The van der Waals surface area contributed by atoms with Crippen LogP contribution in [0.5, 0.6) is 0 Å². The van der Waals surface area contributed by atoms with E-state index in [4.69, 9.17) is 4.98 Å². The first-order chi connectivity index (χ1) is 9.48. The van der Waals surface area contributed by atoms with E-state index in [-0.39, 0.29) is 0 Å². The Bertz CT molecular complexity index is 552. The van der Waals surface area contributed by atoms with Gasteiger partial charge in [-0.05, 0) is 68.1 Å². The van der Waals surface area contributed by atoms with Gasteiger partial charge in [-0.15, -0.1) is 11.3 Å². The van der Waals surface area contributed by atoms with Gasteiger partial charge in [0.25, 0.3) is 0 Å². The molecule has 1 heterocycles. The van der Waals surface area contributed by atoms with Crippen molar-refractivity contribution >= 4 is 11.3 Å². The monoisotopic (exact) mass is 287 g/mol. The van der Waals surface area contributed by atoms with Gasteiger partial charge in [0.15, 0.2) is 0 Å². The molecule has 0 aliphatic heterocycles. The Hall–Kier alpha value is -0.370. The summed E-state index contributed by atoms with van der Waals surface area (Å²) in [5.41, 5.74) is 3.11. The van der Waals surface area contributed by atoms with Crippen molar-refractivity contribution in [1.82, 2.24) is 4.98 Å². The summed E-state index contributed by atoms with van der Waals surface area (Å²) in [6, 6.07) is 0. The molecule has 5 fully saturated rings. The summed E-state index contributed by atoms with van der Waals surface area (Å²) in [6.45, 7) is 5.14. The number of hydrogen-bond acceptors (Lipinski definition) is 2. The minimum Gasteiger partial charge on any atom is -0.245 e. The van der Waals surface area contributed by atoms with E-state index in [2.05, 4.69) is 19.2 Å². The molecular weight excluding hydrogens is 262 g/mol. The molecule has 5 aliphatic carbocycles. The van der Waals surface area contributed by atoms with Crippen molar-refractivity contribution in [3.63, 3.8) is 0 Å².